The summed E-state index contributed by atoms with van der Waals surface area (Å²) in [4.78, 5) is 2.39. The first kappa shape index (κ1) is 14.5. The van der Waals surface area contributed by atoms with Crippen molar-refractivity contribution in [2.75, 3.05) is 26.2 Å². The second kappa shape index (κ2) is 10.0. The lowest BCUT2D eigenvalue weighted by atomic mass is 10.1. The molecule has 0 aromatic heterocycles. The highest BCUT2D eigenvalue weighted by Gasteiger charge is 2.10. The molecule has 2 nitrogen and oxygen atoms in total. The van der Waals surface area contributed by atoms with E-state index in [0.29, 0.717) is 6.04 Å². The van der Waals surface area contributed by atoms with Crippen LogP contribution in [0.4, 0.5) is 0 Å². The van der Waals surface area contributed by atoms with Crippen LogP contribution < -0.4 is 5.32 Å². The van der Waals surface area contributed by atoms with Gasteiger partial charge >= 0.3 is 0 Å². The molecule has 0 aromatic rings. The molecular weight excluding hydrogens is 184 g/mol. The third-order valence-electron chi connectivity index (χ3n) is 2.65. The molecule has 1 unspecified atom stereocenters. The Kier molecular flexibility index (Phi) is 9.67. The maximum atomic E-state index is 5.37. The molecule has 88 valence electrons. The van der Waals surface area contributed by atoms with Gasteiger partial charge in [0.1, 0.15) is 0 Å². The highest BCUT2D eigenvalue weighted by molar-refractivity contribution is 4.89. The van der Waals surface area contributed by atoms with Gasteiger partial charge < -0.3 is 5.32 Å². The summed E-state index contributed by atoms with van der Waals surface area (Å²) in [6, 6.07) is 0.611. The minimum Gasteiger partial charge on any atom is -0.317 e. The molecule has 0 spiro atoms. The maximum absolute atomic E-state index is 5.37. The van der Waals surface area contributed by atoms with Gasteiger partial charge in [0.15, 0.2) is 0 Å². The van der Waals surface area contributed by atoms with Crippen molar-refractivity contribution in [3.8, 4) is 12.3 Å². The van der Waals surface area contributed by atoms with Crippen molar-refractivity contribution in [1.29, 1.82) is 0 Å². The Bertz CT molecular complexity index is 172. The summed E-state index contributed by atoms with van der Waals surface area (Å²) in [5.41, 5.74) is 0. The summed E-state index contributed by atoms with van der Waals surface area (Å²) in [7, 11) is 0. The van der Waals surface area contributed by atoms with Crippen LogP contribution in [0, 0.1) is 12.3 Å². The fourth-order valence-electron chi connectivity index (χ4n) is 1.74. The van der Waals surface area contributed by atoms with Crippen LogP contribution in [0.25, 0.3) is 0 Å². The van der Waals surface area contributed by atoms with E-state index >= 15 is 0 Å². The average Bonchev–Trinajstić information content (AvgIpc) is 2.24. The van der Waals surface area contributed by atoms with Gasteiger partial charge in [0.25, 0.3) is 0 Å². The molecule has 0 aliphatic carbocycles. The molecule has 0 saturated heterocycles. The van der Waals surface area contributed by atoms with Gasteiger partial charge in [-0.05, 0) is 45.8 Å². The minimum absolute atomic E-state index is 0.611. The fourth-order valence-corrected chi connectivity index (χ4v) is 1.74. The van der Waals surface area contributed by atoms with Gasteiger partial charge in [-0.1, -0.05) is 19.8 Å². The lowest BCUT2D eigenvalue weighted by molar-refractivity contribution is 0.222. The van der Waals surface area contributed by atoms with Gasteiger partial charge in [0.05, 0.1) is 6.54 Å². The molecule has 0 heterocycles. The first-order valence-corrected chi connectivity index (χ1v) is 6.14. The van der Waals surface area contributed by atoms with Crippen LogP contribution in [0.15, 0.2) is 0 Å². The number of hydrogen-bond donors (Lipinski definition) is 1. The molecule has 1 atom stereocenters. The molecule has 0 saturated carbocycles. The monoisotopic (exact) mass is 210 g/mol. The Balaban J connectivity index is 3.71. The minimum atomic E-state index is 0.611. The van der Waals surface area contributed by atoms with Crippen molar-refractivity contribution >= 4 is 0 Å². The van der Waals surface area contributed by atoms with Crippen LogP contribution in [-0.4, -0.2) is 37.1 Å². The molecule has 0 rings (SSSR count). The van der Waals surface area contributed by atoms with Crippen LogP contribution in [0.3, 0.4) is 0 Å². The van der Waals surface area contributed by atoms with E-state index < -0.39 is 0 Å². The fraction of sp³-hybridized carbons (Fsp3) is 0.846. The number of nitrogens with one attached hydrogen (secondary N) is 1. The smallest absolute Gasteiger partial charge is 0.0601 e. The largest absolute Gasteiger partial charge is 0.317 e. The zero-order chi connectivity index (χ0) is 11.5. The summed E-state index contributed by atoms with van der Waals surface area (Å²) >= 11 is 0. The summed E-state index contributed by atoms with van der Waals surface area (Å²) in [6.07, 6.45) is 9.02. The third-order valence-corrected chi connectivity index (χ3v) is 2.65. The first-order chi connectivity index (χ1) is 7.26. The lowest BCUT2D eigenvalue weighted by Gasteiger charge is -2.26. The molecule has 1 N–H and O–H groups in total. The Morgan fingerprint density at radius 3 is 2.67 bits per heavy atom. The van der Waals surface area contributed by atoms with E-state index in [1.54, 1.807) is 0 Å². The van der Waals surface area contributed by atoms with Crippen molar-refractivity contribution in [3.63, 3.8) is 0 Å². The molecule has 0 fully saturated rings. The number of terminal acetylenes is 1. The van der Waals surface area contributed by atoms with Crippen molar-refractivity contribution in [3.05, 3.63) is 0 Å². The van der Waals surface area contributed by atoms with E-state index in [2.05, 4.69) is 36.9 Å². The lowest BCUT2D eigenvalue weighted by Crippen LogP contribution is -2.34. The first-order valence-electron chi connectivity index (χ1n) is 6.14. The quantitative estimate of drug-likeness (QED) is 0.463. The maximum Gasteiger partial charge on any atom is 0.0601 e. The SMILES string of the molecule is C#CCN(CCC)C(C)CCCNCC. The highest BCUT2D eigenvalue weighted by Crippen LogP contribution is 2.06. The highest BCUT2D eigenvalue weighted by atomic mass is 15.1. The van der Waals surface area contributed by atoms with Crippen LogP contribution >= 0.6 is 0 Å². The Morgan fingerprint density at radius 2 is 2.13 bits per heavy atom. The van der Waals surface area contributed by atoms with Gasteiger partial charge in [-0.15, -0.1) is 6.42 Å². The van der Waals surface area contributed by atoms with Gasteiger partial charge in [-0.2, -0.15) is 0 Å². The van der Waals surface area contributed by atoms with Crippen LogP contribution in [0.1, 0.15) is 40.0 Å². The van der Waals surface area contributed by atoms with Crippen molar-refractivity contribution in [2.45, 2.75) is 46.1 Å². The van der Waals surface area contributed by atoms with Crippen LogP contribution in [-0.2, 0) is 0 Å². The summed E-state index contributed by atoms with van der Waals surface area (Å²) in [5, 5.41) is 3.35. The van der Waals surface area contributed by atoms with Crippen molar-refractivity contribution < 1.29 is 0 Å². The topological polar surface area (TPSA) is 15.3 Å². The molecule has 0 radical (unpaired) electrons. The summed E-state index contributed by atoms with van der Waals surface area (Å²) < 4.78 is 0. The molecule has 0 aromatic carbocycles. The Morgan fingerprint density at radius 1 is 1.40 bits per heavy atom. The Labute approximate surface area is 95.4 Å². The van der Waals surface area contributed by atoms with E-state index in [1.165, 1.54) is 19.3 Å². The molecular formula is C13H26N2. The average molecular weight is 210 g/mol. The molecule has 0 aliphatic rings. The van der Waals surface area contributed by atoms with Gasteiger partial charge in [-0.25, -0.2) is 0 Å². The van der Waals surface area contributed by atoms with E-state index in [-0.39, 0.29) is 0 Å². The normalized spacial score (nSPS) is 12.7. The zero-order valence-corrected chi connectivity index (χ0v) is 10.6. The number of rotatable bonds is 9. The molecule has 0 aliphatic heterocycles. The Hall–Kier alpha value is -0.520. The van der Waals surface area contributed by atoms with Crippen LogP contribution in [0.5, 0.6) is 0 Å². The molecule has 15 heavy (non-hydrogen) atoms. The van der Waals surface area contributed by atoms with Crippen molar-refractivity contribution in [2.24, 2.45) is 0 Å². The standard InChI is InChI=1S/C13H26N2/c1-5-11-15(12-6-2)13(4)9-8-10-14-7-3/h1,13-14H,6-12H2,2-4H3. The van der Waals surface area contributed by atoms with E-state index in [9.17, 15) is 0 Å². The van der Waals surface area contributed by atoms with Gasteiger partial charge in [0.2, 0.25) is 0 Å². The van der Waals surface area contributed by atoms with Gasteiger partial charge in [0, 0.05) is 6.04 Å². The van der Waals surface area contributed by atoms with Crippen LogP contribution in [0.2, 0.25) is 0 Å². The second-order valence-corrected chi connectivity index (χ2v) is 4.02. The predicted molar refractivity (Wildman–Crippen MR) is 67.9 cm³/mol. The number of nitrogens with zero attached hydrogens (tertiary/aromatic N) is 1. The summed E-state index contributed by atoms with van der Waals surface area (Å²) in [5.74, 6) is 2.75. The van der Waals surface area contributed by atoms with Gasteiger partial charge in [-0.3, -0.25) is 4.90 Å². The molecule has 2 heteroatoms. The zero-order valence-electron chi connectivity index (χ0n) is 10.6. The number of hydrogen-bond acceptors (Lipinski definition) is 2. The van der Waals surface area contributed by atoms with E-state index in [0.717, 1.165) is 26.2 Å². The second-order valence-electron chi connectivity index (χ2n) is 4.02. The summed E-state index contributed by atoms with van der Waals surface area (Å²) in [6.45, 7) is 10.7. The predicted octanol–water partition coefficient (Wildman–Crippen LogP) is 2.11. The third kappa shape index (κ3) is 7.41. The molecule has 0 amide bonds. The molecule has 0 bridgehead atoms. The van der Waals surface area contributed by atoms with Crippen molar-refractivity contribution in [1.82, 2.24) is 10.2 Å². The van der Waals surface area contributed by atoms with E-state index in [1.807, 2.05) is 0 Å². The van der Waals surface area contributed by atoms with E-state index in [4.69, 9.17) is 6.42 Å².